The van der Waals surface area contributed by atoms with Crippen LogP contribution in [0.2, 0.25) is 0 Å². The van der Waals surface area contributed by atoms with Gasteiger partial charge >= 0.3 is 0 Å². The summed E-state index contributed by atoms with van der Waals surface area (Å²) in [5.74, 6) is 0. The van der Waals surface area contributed by atoms with E-state index in [4.69, 9.17) is 4.98 Å². The van der Waals surface area contributed by atoms with Crippen LogP contribution in [0.1, 0.15) is 0 Å². The van der Waals surface area contributed by atoms with Gasteiger partial charge in [0.15, 0.2) is 0 Å². The van der Waals surface area contributed by atoms with Crippen LogP contribution in [0.25, 0.3) is 22.8 Å². The Morgan fingerprint density at radius 2 is 1.31 bits per heavy atom. The Hall–Kier alpha value is -2.79. The zero-order valence-corrected chi connectivity index (χ0v) is 15.3. The molecule has 132 valence electrons. The van der Waals surface area contributed by atoms with Crippen LogP contribution in [0.15, 0.2) is 60.9 Å². The van der Waals surface area contributed by atoms with Crippen LogP contribution < -0.4 is 4.90 Å². The Morgan fingerprint density at radius 3 is 1.77 bits per heavy atom. The van der Waals surface area contributed by atoms with Gasteiger partial charge in [-0.3, -0.25) is 9.97 Å². The molecule has 1 fully saturated rings. The molecular formula is C21H24N5+. The van der Waals surface area contributed by atoms with Crippen LogP contribution in [-0.2, 0) is 0 Å². The Labute approximate surface area is 154 Å². The van der Waals surface area contributed by atoms with E-state index in [0.717, 1.165) is 53.4 Å². The predicted molar refractivity (Wildman–Crippen MR) is 105 cm³/mol. The molecule has 26 heavy (non-hydrogen) atoms. The average Bonchev–Trinajstić information content (AvgIpc) is 2.69. The zero-order chi connectivity index (χ0) is 18.0. The second kappa shape index (κ2) is 6.84. The lowest BCUT2D eigenvalue weighted by atomic mass is 10.1. The van der Waals surface area contributed by atoms with Crippen LogP contribution in [-0.4, -0.2) is 59.7 Å². The van der Waals surface area contributed by atoms with E-state index in [0.29, 0.717) is 0 Å². The lowest BCUT2D eigenvalue weighted by Crippen LogP contribution is -2.54. The molecule has 0 N–H and O–H groups in total. The smallest absolute Gasteiger partial charge is 0.0961 e. The third kappa shape index (κ3) is 3.58. The summed E-state index contributed by atoms with van der Waals surface area (Å²) in [6, 6.07) is 16.2. The van der Waals surface area contributed by atoms with Crippen molar-refractivity contribution in [2.24, 2.45) is 0 Å². The topological polar surface area (TPSA) is 41.9 Å². The fourth-order valence-electron chi connectivity index (χ4n) is 3.25. The van der Waals surface area contributed by atoms with Gasteiger partial charge < -0.3 is 9.38 Å². The van der Waals surface area contributed by atoms with Crippen molar-refractivity contribution in [1.29, 1.82) is 0 Å². The first kappa shape index (κ1) is 16.7. The summed E-state index contributed by atoms with van der Waals surface area (Å²) >= 11 is 0. The van der Waals surface area contributed by atoms with Gasteiger partial charge in [-0.2, -0.15) is 0 Å². The largest absolute Gasteiger partial charge is 0.360 e. The molecule has 1 aliphatic heterocycles. The molecule has 0 amide bonds. The van der Waals surface area contributed by atoms with E-state index < -0.39 is 0 Å². The number of piperazine rings is 1. The lowest BCUT2D eigenvalue weighted by Gasteiger charge is -2.40. The van der Waals surface area contributed by atoms with Gasteiger partial charge in [0.1, 0.15) is 0 Å². The molecule has 1 saturated heterocycles. The predicted octanol–water partition coefficient (Wildman–Crippen LogP) is 3.10. The molecule has 0 radical (unpaired) electrons. The molecule has 0 atom stereocenters. The molecule has 3 aromatic rings. The maximum Gasteiger partial charge on any atom is 0.0961 e. The molecule has 1 aliphatic rings. The number of quaternary nitrogens is 1. The second-order valence-corrected chi connectivity index (χ2v) is 7.40. The Balaban J connectivity index is 1.76. The van der Waals surface area contributed by atoms with Crippen molar-refractivity contribution in [3.8, 4) is 22.8 Å². The first-order chi connectivity index (χ1) is 12.6. The number of likely N-dealkylation sites (N-methyl/N-ethyl adjacent to an activating group) is 1. The number of pyridine rings is 3. The number of nitrogens with zero attached hydrogens (tertiary/aromatic N) is 5. The summed E-state index contributed by atoms with van der Waals surface area (Å²) in [6.07, 6.45) is 3.62. The van der Waals surface area contributed by atoms with Gasteiger partial charge in [0, 0.05) is 18.1 Å². The maximum atomic E-state index is 4.84. The molecule has 4 rings (SSSR count). The van der Waals surface area contributed by atoms with Crippen LogP contribution >= 0.6 is 0 Å². The van der Waals surface area contributed by atoms with E-state index in [9.17, 15) is 0 Å². The summed E-state index contributed by atoms with van der Waals surface area (Å²) in [5.41, 5.74) is 4.76. The molecule has 0 saturated carbocycles. The van der Waals surface area contributed by atoms with E-state index in [1.54, 1.807) is 0 Å². The average molecular weight is 346 g/mol. The molecule has 0 bridgehead atoms. The van der Waals surface area contributed by atoms with Gasteiger partial charge in [0.25, 0.3) is 0 Å². The summed E-state index contributed by atoms with van der Waals surface area (Å²) < 4.78 is 1.07. The van der Waals surface area contributed by atoms with Crippen molar-refractivity contribution < 1.29 is 4.48 Å². The van der Waals surface area contributed by atoms with E-state index in [-0.39, 0.29) is 0 Å². The Bertz CT molecular complexity index is 810. The number of rotatable bonds is 3. The van der Waals surface area contributed by atoms with Gasteiger partial charge in [0.2, 0.25) is 0 Å². The summed E-state index contributed by atoms with van der Waals surface area (Å²) in [4.78, 5) is 16.3. The fourth-order valence-corrected chi connectivity index (χ4v) is 3.25. The van der Waals surface area contributed by atoms with Crippen molar-refractivity contribution in [2.45, 2.75) is 0 Å². The molecule has 3 aromatic heterocycles. The summed E-state index contributed by atoms with van der Waals surface area (Å²) in [7, 11) is 4.59. The van der Waals surface area contributed by atoms with Crippen LogP contribution in [0.3, 0.4) is 0 Å². The van der Waals surface area contributed by atoms with Crippen LogP contribution in [0.5, 0.6) is 0 Å². The molecule has 5 heteroatoms. The van der Waals surface area contributed by atoms with Gasteiger partial charge in [-0.25, -0.2) is 4.98 Å². The minimum Gasteiger partial charge on any atom is -0.360 e. The molecule has 0 aliphatic carbocycles. The monoisotopic (exact) mass is 346 g/mol. The van der Waals surface area contributed by atoms with Gasteiger partial charge in [-0.1, -0.05) is 12.1 Å². The second-order valence-electron chi connectivity index (χ2n) is 7.40. The summed E-state index contributed by atoms with van der Waals surface area (Å²) in [6.45, 7) is 4.36. The van der Waals surface area contributed by atoms with Gasteiger partial charge in [0.05, 0.1) is 63.1 Å². The third-order valence-corrected chi connectivity index (χ3v) is 4.98. The first-order valence-corrected chi connectivity index (χ1v) is 9.03. The van der Waals surface area contributed by atoms with E-state index in [1.165, 1.54) is 5.69 Å². The zero-order valence-electron chi connectivity index (χ0n) is 15.3. The minimum atomic E-state index is 0.889. The molecular weight excluding hydrogens is 322 g/mol. The van der Waals surface area contributed by atoms with Gasteiger partial charge in [-0.15, -0.1) is 0 Å². The number of aromatic nitrogens is 3. The number of anilines is 1. The highest BCUT2D eigenvalue weighted by Crippen LogP contribution is 2.28. The van der Waals surface area contributed by atoms with E-state index in [2.05, 4.69) is 41.1 Å². The summed E-state index contributed by atoms with van der Waals surface area (Å²) in [5, 5.41) is 0. The van der Waals surface area contributed by atoms with Crippen molar-refractivity contribution in [3.63, 3.8) is 0 Å². The first-order valence-electron chi connectivity index (χ1n) is 9.03. The molecule has 0 unspecified atom stereocenters. The fraction of sp³-hybridized carbons (Fsp3) is 0.286. The van der Waals surface area contributed by atoms with Gasteiger partial charge in [-0.05, 0) is 36.4 Å². The van der Waals surface area contributed by atoms with Crippen LogP contribution in [0, 0.1) is 0 Å². The molecule has 5 nitrogen and oxygen atoms in total. The van der Waals surface area contributed by atoms with Crippen molar-refractivity contribution in [1.82, 2.24) is 15.0 Å². The highest BCUT2D eigenvalue weighted by molar-refractivity contribution is 5.69. The van der Waals surface area contributed by atoms with Crippen molar-refractivity contribution >= 4 is 5.69 Å². The van der Waals surface area contributed by atoms with Crippen molar-refractivity contribution in [3.05, 3.63) is 60.9 Å². The third-order valence-electron chi connectivity index (χ3n) is 4.98. The quantitative estimate of drug-likeness (QED) is 0.684. The van der Waals surface area contributed by atoms with E-state index in [1.807, 2.05) is 48.8 Å². The maximum absolute atomic E-state index is 4.84. The molecule has 4 heterocycles. The standard InChI is InChI=1S/C21H24N5/c1-26(2)13-11-25(12-14-26)17-15-20(18-7-3-5-9-22-18)24-21(16-17)19-8-4-6-10-23-19/h3-10,15-16H,11-14H2,1-2H3/q+1. The SMILES string of the molecule is C[N+]1(C)CCN(c2cc(-c3ccccn3)nc(-c3ccccn3)c2)CC1. The Morgan fingerprint density at radius 1 is 0.769 bits per heavy atom. The number of hydrogen-bond donors (Lipinski definition) is 0. The van der Waals surface area contributed by atoms with Crippen molar-refractivity contribution in [2.75, 3.05) is 45.2 Å². The minimum absolute atomic E-state index is 0.889. The molecule has 0 spiro atoms. The van der Waals surface area contributed by atoms with E-state index >= 15 is 0 Å². The number of hydrogen-bond acceptors (Lipinski definition) is 4. The Kier molecular flexibility index (Phi) is 4.39. The van der Waals surface area contributed by atoms with Crippen LogP contribution in [0.4, 0.5) is 5.69 Å². The normalized spacial score (nSPS) is 16.5. The highest BCUT2D eigenvalue weighted by Gasteiger charge is 2.25. The lowest BCUT2D eigenvalue weighted by molar-refractivity contribution is -0.890. The highest BCUT2D eigenvalue weighted by atomic mass is 15.4. The molecule has 0 aromatic carbocycles.